The van der Waals surface area contributed by atoms with E-state index in [1.165, 1.54) is 0 Å². The van der Waals surface area contributed by atoms with E-state index in [-0.39, 0.29) is 23.7 Å². The van der Waals surface area contributed by atoms with E-state index in [0.29, 0.717) is 0 Å². The highest BCUT2D eigenvalue weighted by Gasteiger charge is 2.45. The third-order valence-corrected chi connectivity index (χ3v) is 4.13. The summed E-state index contributed by atoms with van der Waals surface area (Å²) in [6.07, 6.45) is 1.53. The van der Waals surface area contributed by atoms with Crippen molar-refractivity contribution in [2.24, 2.45) is 11.8 Å². The van der Waals surface area contributed by atoms with Crippen LogP contribution in [0.25, 0.3) is 0 Å². The average Bonchev–Trinajstić information content (AvgIpc) is 3.25. The number of carboxylic acid groups (broad SMARTS) is 1. The number of carbonyl (C=O) groups is 2. The molecule has 3 unspecified atom stereocenters. The molecule has 4 atom stereocenters. The van der Waals surface area contributed by atoms with E-state index in [9.17, 15) is 14.7 Å². The van der Waals surface area contributed by atoms with Gasteiger partial charge in [0.1, 0.15) is 6.04 Å². The Balaban J connectivity index is 1.95. The maximum absolute atomic E-state index is 12.1. The smallest absolute Gasteiger partial charge is 0.326 e. The topological polar surface area (TPSA) is 66.4 Å². The summed E-state index contributed by atoms with van der Waals surface area (Å²) in [5.41, 5.74) is 1.16. The molecule has 108 valence electrons. The van der Waals surface area contributed by atoms with Gasteiger partial charge in [-0.25, -0.2) is 4.79 Å². The molecule has 0 aromatic heterocycles. The molecule has 1 saturated carbocycles. The molecule has 1 aliphatic carbocycles. The fourth-order valence-corrected chi connectivity index (χ4v) is 2.50. The standard InChI is InChI=1S/C16H21NO3/c1-3-10(2)14(16(19)20)17-15(18)13-9-12(13)11-7-5-4-6-8-11/h4-8,10,12-14H,3,9H2,1-2H3,(H,17,18)(H,19,20)/t10?,12?,13?,14-/m0/s1. The number of amides is 1. The van der Waals surface area contributed by atoms with Gasteiger partial charge in [-0.15, -0.1) is 0 Å². The van der Waals surface area contributed by atoms with Crippen molar-refractivity contribution in [1.82, 2.24) is 5.32 Å². The van der Waals surface area contributed by atoms with Crippen LogP contribution in [0.1, 0.15) is 38.2 Å². The minimum Gasteiger partial charge on any atom is -0.480 e. The summed E-state index contributed by atoms with van der Waals surface area (Å²) in [5.74, 6) is -0.993. The van der Waals surface area contributed by atoms with Gasteiger partial charge in [-0.05, 0) is 23.8 Å². The number of aliphatic carboxylic acids is 1. The summed E-state index contributed by atoms with van der Waals surface area (Å²) in [5, 5.41) is 11.9. The van der Waals surface area contributed by atoms with Gasteiger partial charge in [0.05, 0.1) is 0 Å². The van der Waals surface area contributed by atoms with Gasteiger partial charge in [0.15, 0.2) is 0 Å². The van der Waals surface area contributed by atoms with Crippen LogP contribution in [0.5, 0.6) is 0 Å². The molecule has 0 bridgehead atoms. The number of hydrogen-bond acceptors (Lipinski definition) is 2. The molecule has 0 aliphatic heterocycles. The maximum atomic E-state index is 12.1. The Hall–Kier alpha value is -1.84. The molecule has 1 aliphatic rings. The molecule has 1 fully saturated rings. The molecular weight excluding hydrogens is 254 g/mol. The summed E-state index contributed by atoms with van der Waals surface area (Å²) in [4.78, 5) is 23.4. The van der Waals surface area contributed by atoms with E-state index in [4.69, 9.17) is 0 Å². The van der Waals surface area contributed by atoms with E-state index >= 15 is 0 Å². The van der Waals surface area contributed by atoms with Crippen LogP contribution in [0.15, 0.2) is 30.3 Å². The summed E-state index contributed by atoms with van der Waals surface area (Å²) in [6, 6.07) is 9.11. The Morgan fingerprint density at radius 2 is 2.00 bits per heavy atom. The van der Waals surface area contributed by atoms with Crippen LogP contribution in [0.2, 0.25) is 0 Å². The number of hydrogen-bond donors (Lipinski definition) is 2. The van der Waals surface area contributed by atoms with Crippen LogP contribution < -0.4 is 5.32 Å². The van der Waals surface area contributed by atoms with Crippen molar-refractivity contribution in [3.63, 3.8) is 0 Å². The lowest BCUT2D eigenvalue weighted by Crippen LogP contribution is -2.45. The van der Waals surface area contributed by atoms with Gasteiger partial charge in [0, 0.05) is 5.92 Å². The van der Waals surface area contributed by atoms with Crippen molar-refractivity contribution in [3.8, 4) is 0 Å². The van der Waals surface area contributed by atoms with Crippen molar-refractivity contribution >= 4 is 11.9 Å². The van der Waals surface area contributed by atoms with Crippen LogP contribution >= 0.6 is 0 Å². The third-order valence-electron chi connectivity index (χ3n) is 4.13. The molecule has 1 aromatic carbocycles. The molecular formula is C16H21NO3. The summed E-state index contributed by atoms with van der Waals surface area (Å²) in [6.45, 7) is 3.78. The van der Waals surface area contributed by atoms with Crippen molar-refractivity contribution < 1.29 is 14.7 Å². The second-order valence-corrected chi connectivity index (χ2v) is 5.57. The first kappa shape index (κ1) is 14.6. The van der Waals surface area contributed by atoms with Crippen LogP contribution in [-0.4, -0.2) is 23.0 Å². The monoisotopic (exact) mass is 275 g/mol. The first-order valence-electron chi connectivity index (χ1n) is 7.12. The molecule has 0 spiro atoms. The molecule has 0 heterocycles. The Morgan fingerprint density at radius 3 is 2.55 bits per heavy atom. The van der Waals surface area contributed by atoms with Crippen LogP contribution in [0.4, 0.5) is 0 Å². The normalized spacial score (nSPS) is 23.7. The SMILES string of the molecule is CCC(C)[C@H](NC(=O)C1CC1c1ccccc1)C(=O)O. The lowest BCUT2D eigenvalue weighted by Gasteiger charge is -2.20. The van der Waals surface area contributed by atoms with Gasteiger partial charge in [0.25, 0.3) is 0 Å². The first-order chi connectivity index (χ1) is 9.54. The van der Waals surface area contributed by atoms with E-state index in [1.807, 2.05) is 44.2 Å². The molecule has 4 nitrogen and oxygen atoms in total. The predicted molar refractivity (Wildman–Crippen MR) is 76.3 cm³/mol. The van der Waals surface area contributed by atoms with E-state index < -0.39 is 12.0 Å². The zero-order chi connectivity index (χ0) is 14.7. The minimum atomic E-state index is -0.954. The maximum Gasteiger partial charge on any atom is 0.326 e. The molecule has 2 rings (SSSR count). The number of rotatable bonds is 6. The lowest BCUT2D eigenvalue weighted by atomic mass is 9.99. The van der Waals surface area contributed by atoms with Gasteiger partial charge >= 0.3 is 5.97 Å². The number of carboxylic acids is 1. The van der Waals surface area contributed by atoms with Crippen LogP contribution in [-0.2, 0) is 9.59 Å². The van der Waals surface area contributed by atoms with Gasteiger partial charge in [-0.1, -0.05) is 50.6 Å². The molecule has 20 heavy (non-hydrogen) atoms. The summed E-state index contributed by atoms with van der Waals surface area (Å²) < 4.78 is 0. The minimum absolute atomic E-state index is 0.0645. The van der Waals surface area contributed by atoms with E-state index in [0.717, 1.165) is 18.4 Å². The Morgan fingerprint density at radius 1 is 1.35 bits per heavy atom. The van der Waals surface area contributed by atoms with Crippen molar-refractivity contribution in [1.29, 1.82) is 0 Å². The Kier molecular flexibility index (Phi) is 4.42. The Bertz CT molecular complexity index is 486. The van der Waals surface area contributed by atoms with E-state index in [2.05, 4.69) is 5.32 Å². The molecule has 1 amide bonds. The molecule has 0 radical (unpaired) electrons. The van der Waals surface area contributed by atoms with Crippen molar-refractivity contribution in [2.75, 3.05) is 0 Å². The molecule has 0 saturated heterocycles. The molecule has 1 aromatic rings. The molecule has 2 N–H and O–H groups in total. The van der Waals surface area contributed by atoms with Crippen LogP contribution in [0.3, 0.4) is 0 Å². The number of benzene rings is 1. The summed E-state index contributed by atoms with van der Waals surface area (Å²) in [7, 11) is 0. The van der Waals surface area contributed by atoms with Gasteiger partial charge in [-0.3, -0.25) is 4.79 Å². The fourth-order valence-electron chi connectivity index (χ4n) is 2.50. The number of nitrogens with one attached hydrogen (secondary N) is 1. The van der Waals surface area contributed by atoms with Gasteiger partial charge in [-0.2, -0.15) is 0 Å². The second kappa shape index (κ2) is 6.07. The predicted octanol–water partition coefficient (Wildman–Crippen LogP) is 2.41. The first-order valence-corrected chi connectivity index (χ1v) is 7.12. The highest BCUT2D eigenvalue weighted by molar-refractivity contribution is 5.87. The highest BCUT2D eigenvalue weighted by Crippen LogP contribution is 2.47. The fraction of sp³-hybridized carbons (Fsp3) is 0.500. The average molecular weight is 275 g/mol. The summed E-state index contributed by atoms with van der Waals surface area (Å²) >= 11 is 0. The largest absolute Gasteiger partial charge is 0.480 e. The zero-order valence-corrected chi connectivity index (χ0v) is 11.9. The highest BCUT2D eigenvalue weighted by atomic mass is 16.4. The van der Waals surface area contributed by atoms with Gasteiger partial charge < -0.3 is 10.4 Å². The molecule has 4 heteroatoms. The Labute approximate surface area is 119 Å². The quantitative estimate of drug-likeness (QED) is 0.837. The van der Waals surface area contributed by atoms with E-state index in [1.54, 1.807) is 0 Å². The third kappa shape index (κ3) is 3.18. The van der Waals surface area contributed by atoms with Crippen molar-refractivity contribution in [2.45, 2.75) is 38.6 Å². The second-order valence-electron chi connectivity index (χ2n) is 5.57. The van der Waals surface area contributed by atoms with Crippen molar-refractivity contribution in [3.05, 3.63) is 35.9 Å². The lowest BCUT2D eigenvalue weighted by molar-refractivity contribution is -0.143. The number of carbonyl (C=O) groups excluding carboxylic acids is 1. The van der Waals surface area contributed by atoms with Crippen LogP contribution in [0, 0.1) is 11.8 Å². The zero-order valence-electron chi connectivity index (χ0n) is 11.9. The van der Waals surface area contributed by atoms with Gasteiger partial charge in [0.2, 0.25) is 5.91 Å².